The number of hydrogen-bond donors (Lipinski definition) is 7. The van der Waals surface area contributed by atoms with Crippen molar-refractivity contribution in [3.8, 4) is 0 Å². The van der Waals surface area contributed by atoms with Gasteiger partial charge in [-0.15, -0.1) is 0 Å². The lowest BCUT2D eigenvalue weighted by molar-refractivity contribution is -0.157. The van der Waals surface area contributed by atoms with Crippen LogP contribution >= 0.6 is 11.8 Å². The Kier molecular flexibility index (Phi) is 35.2. The molecule has 0 saturated carbocycles. The first-order chi connectivity index (χ1) is 43.7. The van der Waals surface area contributed by atoms with Gasteiger partial charge in [-0.1, -0.05) is 109 Å². The Hall–Kier alpha value is -6.35. The van der Waals surface area contributed by atoms with E-state index in [2.05, 4.69) is 21.3 Å². The van der Waals surface area contributed by atoms with E-state index in [0.29, 0.717) is 0 Å². The third-order valence-corrected chi connectivity index (χ3v) is 19.5. The van der Waals surface area contributed by atoms with Gasteiger partial charge in [-0.3, -0.25) is 57.5 Å². The maximum Gasteiger partial charge on any atom is 0.321 e. The number of carbonyl (C=O) groups is 12. The number of allylic oxidation sites excluding steroid dienone is 2. The number of rotatable bonds is 20. The number of likely N-dealkylation sites (N-methyl/N-ethyl adjacent to an activating group) is 7. The molecule has 8 N–H and O–H groups in total. The summed E-state index contributed by atoms with van der Waals surface area (Å²) in [4.78, 5) is 185. The number of thioether (sulfide) groups is 1. The van der Waals surface area contributed by atoms with Crippen LogP contribution in [-0.4, -0.2) is 254 Å². The third kappa shape index (κ3) is 24.0. The molecule has 1 aliphatic rings. The first kappa shape index (κ1) is 86.7. The topological polar surface area (TPSA) is 342 Å². The number of carboxylic acids is 1. The van der Waals surface area contributed by atoms with E-state index in [1.807, 2.05) is 55.4 Å². The van der Waals surface area contributed by atoms with Gasteiger partial charge in [-0.25, -0.2) is 0 Å². The van der Waals surface area contributed by atoms with Gasteiger partial charge in [-0.2, -0.15) is 11.8 Å². The SMILES string of the molecule is CC=CC[C@@H](C)[C@@H](O)[C@@H]1C(=O)N[C@H](CC)C(=O)N(C)[C@H](CSC(C)(C)[C@@H](N)C(=O)O)C(=O)N(C)[C@@H](CC(C)C)C(=O)N[C@H](C(C)C)C(=O)N(C)[C@H](CC(C)C)C(=O)N[C@H](C)C(=O)N[C@@H](C)C(=O)N(C)[C@H](CC(C)C)C(=O)N(C)[C@H](CC(C)C)C(=O)N(C)[C@H](C(C)C)C(=O)N1C. The summed E-state index contributed by atoms with van der Waals surface area (Å²) in [5, 5.41) is 33.3. The molecule has 0 radical (unpaired) electrons. The molecule has 1 saturated heterocycles. The fourth-order valence-corrected chi connectivity index (χ4v) is 12.9. The number of amides is 11. The molecule has 95 heavy (non-hydrogen) atoms. The van der Waals surface area contributed by atoms with Crippen LogP contribution in [0.5, 0.6) is 0 Å². The standard InChI is InChI=1S/C68H122N12O14S/c1-27-29-30-42(15)54(81)53-59(85)72-45(28-2)61(87)78(24)50(35-95-68(18,19)55(69)67(93)94)64(90)74(20)47(32-37(5)6)58(84)73-51(40(11)12)65(91)75(21)46(31-36(3)4)57(83)70-43(16)56(82)71-44(17)60(86)76(22)48(33-38(7)8)62(88)77(23)49(34-39(9)10)63(89)79(25)52(41(13)14)66(92)80(53)26/h27,29,36-55,81H,28,30-35,69H2,1-26H3,(H,70,83)(H,71,82)(H,72,85)(H,73,84)(H,93,94)/t42-,43-,44+,45-,46-,47+,48-,49-,50-,51-,52-,53-,54-,55+/m1/s1. The van der Waals surface area contributed by atoms with Gasteiger partial charge in [-0.05, 0) is 115 Å². The summed E-state index contributed by atoms with van der Waals surface area (Å²) in [7, 11) is 9.71. The molecule has 0 aliphatic carbocycles. The summed E-state index contributed by atoms with van der Waals surface area (Å²) < 4.78 is -1.26. The molecule has 1 fully saturated rings. The average Bonchev–Trinajstić information content (AvgIpc) is 0.811. The zero-order valence-electron chi connectivity index (χ0n) is 62.1. The lowest BCUT2D eigenvalue weighted by Crippen LogP contribution is -2.64. The number of hydrogen-bond acceptors (Lipinski definition) is 15. The number of nitrogens with two attached hydrogens (primary N) is 1. The predicted octanol–water partition coefficient (Wildman–Crippen LogP) is 3.56. The van der Waals surface area contributed by atoms with Crippen LogP contribution in [0, 0.1) is 41.4 Å². The molecule has 544 valence electrons. The van der Waals surface area contributed by atoms with Crippen molar-refractivity contribution in [2.24, 2.45) is 47.2 Å². The number of carboxylic acid groups (broad SMARTS) is 1. The van der Waals surface area contributed by atoms with E-state index in [4.69, 9.17) is 5.73 Å². The number of aliphatic hydroxyl groups excluding tert-OH is 1. The van der Waals surface area contributed by atoms with Crippen molar-refractivity contribution in [2.75, 3.05) is 55.1 Å². The van der Waals surface area contributed by atoms with Crippen LogP contribution in [0.2, 0.25) is 0 Å². The molecule has 0 spiro atoms. The lowest BCUT2D eigenvalue weighted by atomic mass is 9.91. The highest BCUT2D eigenvalue weighted by Gasteiger charge is 2.47. The van der Waals surface area contributed by atoms with E-state index in [9.17, 15) is 39.0 Å². The Morgan fingerprint density at radius 2 is 0.895 bits per heavy atom. The van der Waals surface area contributed by atoms with Crippen LogP contribution in [0.25, 0.3) is 0 Å². The summed E-state index contributed by atoms with van der Waals surface area (Å²) >= 11 is 0.982. The smallest absolute Gasteiger partial charge is 0.321 e. The predicted molar refractivity (Wildman–Crippen MR) is 370 cm³/mol. The normalized spacial score (nSPS) is 26.6. The van der Waals surface area contributed by atoms with Gasteiger partial charge in [0, 0.05) is 59.8 Å². The molecule has 1 aliphatic heterocycles. The Morgan fingerprint density at radius 1 is 0.505 bits per heavy atom. The third-order valence-electron chi connectivity index (χ3n) is 18.0. The molecule has 26 nitrogen and oxygen atoms in total. The van der Waals surface area contributed by atoms with Gasteiger partial charge >= 0.3 is 5.97 Å². The summed E-state index contributed by atoms with van der Waals surface area (Å²) in [6.07, 6.45) is 2.52. The molecular weight excluding hydrogens is 1240 g/mol. The molecule has 0 bridgehead atoms. The minimum Gasteiger partial charge on any atom is -0.480 e. The largest absolute Gasteiger partial charge is 0.480 e. The molecular formula is C68H122N12O14S. The minimum absolute atomic E-state index is 0.0402. The number of nitrogens with zero attached hydrogens (tertiary/aromatic N) is 7. The highest BCUT2D eigenvalue weighted by molar-refractivity contribution is 8.00. The van der Waals surface area contributed by atoms with Gasteiger partial charge in [0.2, 0.25) is 65.0 Å². The summed E-state index contributed by atoms with van der Waals surface area (Å²) in [6.45, 7) is 32.6. The van der Waals surface area contributed by atoms with Crippen molar-refractivity contribution in [3.63, 3.8) is 0 Å². The number of aliphatic hydroxyl groups is 1. The summed E-state index contributed by atoms with van der Waals surface area (Å²) in [5.41, 5.74) is 6.18. The Balaban J connectivity index is 4.63. The molecule has 0 unspecified atom stereocenters. The van der Waals surface area contributed by atoms with E-state index < -0.39 is 172 Å². The van der Waals surface area contributed by atoms with Crippen molar-refractivity contribution in [1.82, 2.24) is 55.6 Å². The molecule has 1 heterocycles. The zero-order valence-corrected chi connectivity index (χ0v) is 62.9. The quantitative estimate of drug-likeness (QED) is 0.0857. The highest BCUT2D eigenvalue weighted by atomic mass is 32.2. The van der Waals surface area contributed by atoms with Crippen molar-refractivity contribution >= 4 is 82.7 Å². The van der Waals surface area contributed by atoms with Gasteiger partial charge in [0.1, 0.15) is 72.5 Å². The van der Waals surface area contributed by atoms with E-state index >= 15 is 28.8 Å². The second-order valence-electron chi connectivity index (χ2n) is 29.0. The second kappa shape index (κ2) is 38.6. The Bertz CT molecular complexity index is 2670. The summed E-state index contributed by atoms with van der Waals surface area (Å²) in [5.74, 6) is -12.5. The lowest BCUT2D eigenvalue weighted by Gasteiger charge is -2.41. The highest BCUT2D eigenvalue weighted by Crippen LogP contribution is 2.31. The van der Waals surface area contributed by atoms with E-state index in [0.717, 1.165) is 26.5 Å². The minimum atomic E-state index is -1.71. The maximum atomic E-state index is 15.4. The second-order valence-corrected chi connectivity index (χ2v) is 30.7. The zero-order chi connectivity index (χ0) is 73.9. The number of aliphatic carboxylic acids is 1. The number of carbonyl (C=O) groups excluding carboxylic acids is 11. The van der Waals surface area contributed by atoms with Crippen LogP contribution in [0.3, 0.4) is 0 Å². The van der Waals surface area contributed by atoms with Crippen LogP contribution in [0.4, 0.5) is 0 Å². The molecule has 0 aromatic heterocycles. The van der Waals surface area contributed by atoms with Gasteiger partial charge in [0.05, 0.1) is 6.10 Å². The van der Waals surface area contributed by atoms with E-state index in [1.165, 1.54) is 82.8 Å². The Morgan fingerprint density at radius 3 is 1.33 bits per heavy atom. The van der Waals surface area contributed by atoms with Crippen molar-refractivity contribution in [3.05, 3.63) is 12.2 Å². The molecule has 14 atom stereocenters. The van der Waals surface area contributed by atoms with Crippen LogP contribution < -0.4 is 27.0 Å². The molecule has 0 aromatic rings. The molecule has 1 rings (SSSR count). The van der Waals surface area contributed by atoms with Crippen LogP contribution in [0.15, 0.2) is 12.2 Å². The van der Waals surface area contributed by atoms with E-state index in [-0.39, 0.29) is 67.9 Å². The monoisotopic (exact) mass is 1360 g/mol. The van der Waals surface area contributed by atoms with Gasteiger partial charge in [0.25, 0.3) is 0 Å². The fraction of sp³-hybridized carbons (Fsp3) is 0.794. The van der Waals surface area contributed by atoms with E-state index in [1.54, 1.807) is 74.5 Å². The summed E-state index contributed by atoms with van der Waals surface area (Å²) in [6, 6.07) is -16.1. The van der Waals surface area contributed by atoms with Gasteiger partial charge in [0.15, 0.2) is 0 Å². The first-order valence-electron chi connectivity index (χ1n) is 33.7. The fourth-order valence-electron chi connectivity index (χ4n) is 11.7. The maximum absolute atomic E-state index is 15.4. The first-order valence-corrected chi connectivity index (χ1v) is 34.7. The van der Waals surface area contributed by atoms with Crippen molar-refractivity contribution < 1.29 is 67.7 Å². The molecule has 11 amide bonds. The van der Waals surface area contributed by atoms with Gasteiger partial charge < -0.3 is 71.5 Å². The van der Waals surface area contributed by atoms with Crippen molar-refractivity contribution in [2.45, 2.75) is 253 Å². The Labute approximate surface area is 571 Å². The molecule has 0 aromatic carbocycles. The molecule has 27 heteroatoms. The van der Waals surface area contributed by atoms with Crippen LogP contribution in [-0.2, 0) is 57.5 Å². The van der Waals surface area contributed by atoms with Crippen LogP contribution in [0.1, 0.15) is 170 Å². The van der Waals surface area contributed by atoms with Crippen molar-refractivity contribution in [1.29, 1.82) is 0 Å². The average molecular weight is 1360 g/mol. The number of nitrogens with one attached hydrogen (secondary N) is 4.